The number of carbonyl (C=O) groups excluding carboxylic acids is 1. The van der Waals surface area contributed by atoms with E-state index in [1.54, 1.807) is 18.3 Å². The zero-order valence-electron chi connectivity index (χ0n) is 14.7. The van der Waals surface area contributed by atoms with Crippen LogP contribution in [0.1, 0.15) is 38.4 Å². The number of ether oxygens (including phenoxy) is 1. The van der Waals surface area contributed by atoms with Gasteiger partial charge in [0.05, 0.1) is 21.9 Å². The molecule has 2 aliphatic heterocycles. The maximum absolute atomic E-state index is 11.1. The summed E-state index contributed by atoms with van der Waals surface area (Å²) in [7, 11) is 0. The zero-order chi connectivity index (χ0) is 17.4. The van der Waals surface area contributed by atoms with Crippen molar-refractivity contribution in [2.75, 3.05) is 24.5 Å². The molecule has 0 aromatic carbocycles. The molecule has 2 aliphatic rings. The lowest BCUT2D eigenvalue weighted by atomic mass is 9.88. The monoisotopic (exact) mass is 360 g/mol. The topological polar surface area (TPSA) is 67.4 Å². The van der Waals surface area contributed by atoms with Gasteiger partial charge in [-0.2, -0.15) is 0 Å². The summed E-state index contributed by atoms with van der Waals surface area (Å²) in [5.41, 5.74) is 1.02. The number of nitrogens with one attached hydrogen (secondary N) is 1. The Bertz CT molecular complexity index is 782. The van der Waals surface area contributed by atoms with Crippen molar-refractivity contribution in [3.8, 4) is 0 Å². The van der Waals surface area contributed by atoms with Crippen LogP contribution in [0.4, 0.5) is 5.82 Å². The molecule has 0 radical (unpaired) electrons. The second-order valence-electron chi connectivity index (χ2n) is 7.12. The molecule has 7 heteroatoms. The predicted molar refractivity (Wildman–Crippen MR) is 99.1 cm³/mol. The number of carbonyl (C=O) groups is 1. The van der Waals surface area contributed by atoms with E-state index in [9.17, 15) is 4.79 Å². The highest BCUT2D eigenvalue weighted by Crippen LogP contribution is 2.40. The second-order valence-corrected chi connectivity index (χ2v) is 8.03. The third-order valence-corrected chi connectivity index (χ3v) is 6.19. The Morgan fingerprint density at radius 3 is 2.96 bits per heavy atom. The van der Waals surface area contributed by atoms with Gasteiger partial charge in [0.1, 0.15) is 11.6 Å². The van der Waals surface area contributed by atoms with E-state index in [0.29, 0.717) is 6.54 Å². The smallest absolute Gasteiger partial charge is 0.216 e. The number of piperidine rings is 1. The number of nitrogens with zero attached hydrogens (tertiary/aromatic N) is 3. The molecule has 0 bridgehead atoms. The first kappa shape index (κ1) is 16.7. The minimum atomic E-state index is -0.0176. The van der Waals surface area contributed by atoms with Crippen LogP contribution < -0.4 is 10.2 Å². The zero-order valence-corrected chi connectivity index (χ0v) is 15.6. The number of hydrogen-bond donors (Lipinski definition) is 1. The minimum absolute atomic E-state index is 0.0125. The van der Waals surface area contributed by atoms with Crippen molar-refractivity contribution >= 4 is 33.3 Å². The molecule has 2 aromatic rings. The summed E-state index contributed by atoms with van der Waals surface area (Å²) in [4.78, 5) is 22.7. The maximum atomic E-state index is 11.1. The highest BCUT2D eigenvalue weighted by molar-refractivity contribution is 7.17. The van der Waals surface area contributed by atoms with Gasteiger partial charge in [-0.1, -0.05) is 0 Å². The van der Waals surface area contributed by atoms with Crippen LogP contribution in [0.2, 0.25) is 0 Å². The van der Waals surface area contributed by atoms with Crippen LogP contribution in [0.15, 0.2) is 11.4 Å². The molecule has 4 heterocycles. The maximum Gasteiger partial charge on any atom is 0.216 e. The summed E-state index contributed by atoms with van der Waals surface area (Å²) < 4.78 is 7.53. The number of hydrogen-bond acceptors (Lipinski definition) is 6. The molecular weight excluding hydrogens is 336 g/mol. The number of anilines is 1. The van der Waals surface area contributed by atoms with Gasteiger partial charge in [0.15, 0.2) is 0 Å². The van der Waals surface area contributed by atoms with Gasteiger partial charge in [0, 0.05) is 26.6 Å². The van der Waals surface area contributed by atoms with Gasteiger partial charge in [-0.25, -0.2) is 9.97 Å². The standard InChI is InChI=1S/C18H24N4O2S/c1-12-20-15-4-10-25-16(15)17(21-12)22-8-6-18(7-9-22)5-3-14(24-18)11-19-13(2)23/h4,10,14H,3,5-9,11H2,1-2H3,(H,19,23). The van der Waals surface area contributed by atoms with Gasteiger partial charge >= 0.3 is 0 Å². The molecule has 1 N–H and O–H groups in total. The molecule has 1 atom stereocenters. The van der Waals surface area contributed by atoms with E-state index in [1.165, 1.54) is 4.70 Å². The summed E-state index contributed by atoms with van der Waals surface area (Å²) >= 11 is 1.71. The quantitative estimate of drug-likeness (QED) is 0.911. The van der Waals surface area contributed by atoms with Gasteiger partial charge in [0.2, 0.25) is 5.91 Å². The minimum Gasteiger partial charge on any atom is -0.370 e. The van der Waals surface area contributed by atoms with Crippen LogP contribution in [0.25, 0.3) is 10.2 Å². The van der Waals surface area contributed by atoms with Crippen molar-refractivity contribution in [1.82, 2.24) is 15.3 Å². The van der Waals surface area contributed by atoms with Gasteiger partial charge in [-0.3, -0.25) is 4.79 Å². The van der Waals surface area contributed by atoms with Crippen LogP contribution in [-0.2, 0) is 9.53 Å². The summed E-state index contributed by atoms with van der Waals surface area (Å²) in [5.74, 6) is 1.91. The lowest BCUT2D eigenvalue weighted by Crippen LogP contribution is -2.45. The van der Waals surface area contributed by atoms with Crippen LogP contribution in [0.3, 0.4) is 0 Å². The first-order chi connectivity index (χ1) is 12.0. The number of aryl methyl sites for hydroxylation is 1. The van der Waals surface area contributed by atoms with Crippen molar-refractivity contribution in [3.05, 3.63) is 17.3 Å². The average molecular weight is 360 g/mol. The molecule has 2 aromatic heterocycles. The van der Waals surface area contributed by atoms with Crippen LogP contribution >= 0.6 is 11.3 Å². The fraction of sp³-hybridized carbons (Fsp3) is 0.611. The highest BCUT2D eigenvalue weighted by atomic mass is 32.1. The Labute approximate surface area is 151 Å². The van der Waals surface area contributed by atoms with E-state index in [1.807, 2.05) is 6.92 Å². The van der Waals surface area contributed by atoms with Gasteiger partial charge in [-0.05, 0) is 44.1 Å². The molecule has 6 nitrogen and oxygen atoms in total. The molecule has 134 valence electrons. The van der Waals surface area contributed by atoms with E-state index >= 15 is 0 Å². The molecule has 2 saturated heterocycles. The molecule has 4 rings (SSSR count). The third kappa shape index (κ3) is 3.35. The summed E-state index contributed by atoms with van der Waals surface area (Å²) in [6.07, 6.45) is 4.30. The van der Waals surface area contributed by atoms with Gasteiger partial charge < -0.3 is 15.0 Å². The largest absolute Gasteiger partial charge is 0.370 e. The highest BCUT2D eigenvalue weighted by Gasteiger charge is 2.42. The van der Waals surface area contributed by atoms with Crippen molar-refractivity contribution in [2.45, 2.75) is 51.2 Å². The van der Waals surface area contributed by atoms with E-state index in [4.69, 9.17) is 9.72 Å². The van der Waals surface area contributed by atoms with Crippen LogP contribution in [0, 0.1) is 6.92 Å². The van der Waals surface area contributed by atoms with Crippen LogP contribution in [-0.4, -0.2) is 47.2 Å². The summed E-state index contributed by atoms with van der Waals surface area (Å²) in [6, 6.07) is 2.07. The van der Waals surface area contributed by atoms with E-state index in [0.717, 1.165) is 55.9 Å². The van der Waals surface area contributed by atoms with E-state index < -0.39 is 0 Å². The Morgan fingerprint density at radius 2 is 2.20 bits per heavy atom. The van der Waals surface area contributed by atoms with Gasteiger partial charge in [-0.15, -0.1) is 11.3 Å². The van der Waals surface area contributed by atoms with Crippen molar-refractivity contribution in [2.24, 2.45) is 0 Å². The molecule has 1 unspecified atom stereocenters. The molecule has 1 spiro atoms. The van der Waals surface area contributed by atoms with Crippen molar-refractivity contribution < 1.29 is 9.53 Å². The number of thiophene rings is 1. The SMILES string of the molecule is CC(=O)NCC1CCC2(CCN(c3nc(C)nc4ccsc34)CC2)O1. The number of rotatable bonds is 3. The summed E-state index contributed by atoms with van der Waals surface area (Å²) in [5, 5.41) is 4.96. The first-order valence-corrected chi connectivity index (χ1v) is 9.82. The lowest BCUT2D eigenvalue weighted by molar-refractivity contribution is -0.120. The molecule has 0 saturated carbocycles. The Balaban J connectivity index is 1.43. The van der Waals surface area contributed by atoms with Crippen LogP contribution in [0.5, 0.6) is 0 Å². The molecule has 1 amide bonds. The molecule has 25 heavy (non-hydrogen) atoms. The Morgan fingerprint density at radius 1 is 1.40 bits per heavy atom. The fourth-order valence-corrected chi connectivity index (χ4v) is 4.81. The van der Waals surface area contributed by atoms with Crippen molar-refractivity contribution in [3.63, 3.8) is 0 Å². The number of fused-ring (bicyclic) bond motifs is 1. The first-order valence-electron chi connectivity index (χ1n) is 8.94. The lowest BCUT2D eigenvalue weighted by Gasteiger charge is -2.39. The molecule has 0 aliphatic carbocycles. The second kappa shape index (κ2) is 6.53. The number of aromatic nitrogens is 2. The number of amides is 1. The predicted octanol–water partition coefficient (Wildman–Crippen LogP) is 2.65. The normalized spacial score (nSPS) is 22.6. The van der Waals surface area contributed by atoms with Crippen molar-refractivity contribution in [1.29, 1.82) is 0 Å². The van der Waals surface area contributed by atoms with E-state index in [-0.39, 0.29) is 17.6 Å². The van der Waals surface area contributed by atoms with Gasteiger partial charge in [0.25, 0.3) is 0 Å². The average Bonchev–Trinajstić information content (AvgIpc) is 3.20. The third-order valence-electron chi connectivity index (χ3n) is 5.29. The molecule has 2 fully saturated rings. The fourth-order valence-electron chi connectivity index (χ4n) is 3.97. The van der Waals surface area contributed by atoms with E-state index in [2.05, 4.69) is 26.6 Å². The molecular formula is C18H24N4O2S. The summed E-state index contributed by atoms with van der Waals surface area (Å²) in [6.45, 7) is 6.05. The Hall–Kier alpha value is -1.73. The Kier molecular flexibility index (Phi) is 4.37.